The van der Waals surface area contributed by atoms with Crippen LogP contribution in [-0.4, -0.2) is 36.5 Å². The molecule has 0 rings (SSSR count). The molecule has 0 aromatic heterocycles. The Morgan fingerprint density at radius 3 is 1.69 bits per heavy atom. The quantitative estimate of drug-likeness (QED) is 0.687. The highest BCUT2D eigenvalue weighted by Gasteiger charge is 2.64. The van der Waals surface area contributed by atoms with Crippen molar-refractivity contribution in [2.24, 2.45) is 5.41 Å². The van der Waals surface area contributed by atoms with Crippen molar-refractivity contribution in [3.8, 4) is 0 Å². The van der Waals surface area contributed by atoms with Crippen LogP contribution in [0.4, 0.5) is 22.0 Å². The third-order valence-electron chi connectivity index (χ3n) is 1.68. The topological polar surface area (TPSA) is 20.3 Å². The Morgan fingerprint density at radius 1 is 1.06 bits per heavy atom. The summed E-state index contributed by atoms with van der Waals surface area (Å²) in [6.45, 7) is 4.70. The van der Waals surface area contributed by atoms with Gasteiger partial charge in [-0.3, -0.25) is 4.79 Å². The first-order valence-corrected chi connectivity index (χ1v) is 4.49. The van der Waals surface area contributed by atoms with Gasteiger partial charge in [-0.1, -0.05) is 20.8 Å². The van der Waals surface area contributed by atoms with Gasteiger partial charge in [0.15, 0.2) is 0 Å². The summed E-state index contributed by atoms with van der Waals surface area (Å²) in [5.74, 6) is -7.55. The van der Waals surface area contributed by atoms with Gasteiger partial charge in [0.1, 0.15) is 0 Å². The fourth-order valence-electron chi connectivity index (χ4n) is 1.14. The molecule has 0 N–H and O–H groups in total. The van der Waals surface area contributed by atoms with Gasteiger partial charge in [-0.15, -0.1) is 0 Å². The number of hydrogen-bond acceptors (Lipinski definition) is 1. The molecule has 1 amide bonds. The number of halogens is 5. The highest BCUT2D eigenvalue weighted by Crippen LogP contribution is 2.37. The fourth-order valence-corrected chi connectivity index (χ4v) is 1.14. The number of rotatable bonds is 2. The van der Waals surface area contributed by atoms with Crippen molar-refractivity contribution in [3.63, 3.8) is 0 Å². The lowest BCUT2D eigenvalue weighted by molar-refractivity contribution is -0.274. The zero-order valence-corrected chi connectivity index (χ0v) is 9.45. The lowest BCUT2D eigenvalue weighted by Crippen LogP contribution is -2.52. The highest BCUT2D eigenvalue weighted by molar-refractivity contribution is 5.84. The van der Waals surface area contributed by atoms with Crippen molar-refractivity contribution < 1.29 is 26.7 Å². The first-order valence-electron chi connectivity index (χ1n) is 4.49. The number of carbonyl (C=O) groups excluding carboxylic acids is 1. The third kappa shape index (κ3) is 3.61. The average molecular weight is 247 g/mol. The largest absolute Gasteiger partial charge is 0.463 e. The predicted molar refractivity (Wildman–Crippen MR) is 48.1 cm³/mol. The van der Waals surface area contributed by atoms with Gasteiger partial charge < -0.3 is 4.90 Å². The summed E-state index contributed by atoms with van der Waals surface area (Å²) in [6.07, 6.45) is -5.85. The number of carbonyl (C=O) groups is 1. The second-order valence-corrected chi connectivity index (χ2v) is 4.79. The maximum atomic E-state index is 12.6. The Kier molecular flexibility index (Phi) is 3.95. The van der Waals surface area contributed by atoms with Crippen LogP contribution in [0.3, 0.4) is 0 Å². The van der Waals surface area contributed by atoms with Gasteiger partial charge >= 0.3 is 18.0 Å². The van der Waals surface area contributed by atoms with E-state index in [1.807, 2.05) is 0 Å². The lowest BCUT2D eigenvalue weighted by Gasteiger charge is -2.30. The molecule has 96 valence electrons. The van der Waals surface area contributed by atoms with Crippen molar-refractivity contribution in [1.29, 1.82) is 0 Å². The molecule has 0 aromatic rings. The van der Waals surface area contributed by atoms with Gasteiger partial charge in [-0.05, 0) is 5.41 Å². The molecule has 0 aromatic carbocycles. The fraction of sp³-hybridized carbons (Fsp3) is 0.889. The molecule has 0 fully saturated rings. The van der Waals surface area contributed by atoms with Crippen molar-refractivity contribution in [2.45, 2.75) is 32.9 Å². The highest BCUT2D eigenvalue weighted by atomic mass is 19.4. The molecule has 0 atom stereocenters. The lowest BCUT2D eigenvalue weighted by atomic mass is 9.96. The Morgan fingerprint density at radius 2 is 1.44 bits per heavy atom. The molecular formula is C9H14F5NO. The summed E-state index contributed by atoms with van der Waals surface area (Å²) in [5, 5.41) is 0. The van der Waals surface area contributed by atoms with Crippen LogP contribution in [0, 0.1) is 5.41 Å². The maximum Gasteiger partial charge on any atom is 0.463 e. The molecule has 16 heavy (non-hydrogen) atoms. The summed E-state index contributed by atoms with van der Waals surface area (Å²) in [7, 11) is 0.924. The first kappa shape index (κ1) is 15.1. The molecule has 0 heterocycles. The average Bonchev–Trinajstić information content (AvgIpc) is 1.97. The molecule has 0 spiro atoms. The van der Waals surface area contributed by atoms with Gasteiger partial charge in [0.2, 0.25) is 0 Å². The molecule has 0 aliphatic heterocycles. The Labute approximate surface area is 90.4 Å². The zero-order valence-electron chi connectivity index (χ0n) is 9.45. The van der Waals surface area contributed by atoms with Gasteiger partial charge in [-0.2, -0.15) is 22.0 Å². The van der Waals surface area contributed by atoms with Crippen LogP contribution < -0.4 is 0 Å². The summed E-state index contributed by atoms with van der Waals surface area (Å²) in [6, 6.07) is 0. The molecule has 0 saturated carbocycles. The number of nitrogens with zero attached hydrogens (tertiary/aromatic N) is 1. The summed E-state index contributed by atoms with van der Waals surface area (Å²) >= 11 is 0. The van der Waals surface area contributed by atoms with Crippen LogP contribution >= 0.6 is 0 Å². The molecular weight excluding hydrogens is 233 g/mol. The first-order chi connectivity index (χ1) is 6.79. The van der Waals surface area contributed by atoms with Gasteiger partial charge in [0.25, 0.3) is 0 Å². The van der Waals surface area contributed by atoms with E-state index < -0.39 is 23.4 Å². The molecule has 0 unspecified atom stereocenters. The minimum Gasteiger partial charge on any atom is -0.340 e. The number of alkyl halides is 5. The minimum absolute atomic E-state index is 0.183. The van der Waals surface area contributed by atoms with E-state index in [0.29, 0.717) is 4.90 Å². The monoisotopic (exact) mass is 247 g/mol. The standard InChI is InChI=1S/C9H14F5NO/c1-7(2,3)5-15(4)6(16)8(10,11)9(12,13)14/h5H2,1-4H3. The second kappa shape index (κ2) is 4.18. The van der Waals surface area contributed by atoms with E-state index >= 15 is 0 Å². The summed E-state index contributed by atoms with van der Waals surface area (Å²) < 4.78 is 60.9. The Balaban J connectivity index is 4.81. The van der Waals surface area contributed by atoms with Crippen molar-refractivity contribution in [2.75, 3.05) is 13.6 Å². The van der Waals surface area contributed by atoms with E-state index in [9.17, 15) is 26.7 Å². The Bertz CT molecular complexity index is 266. The van der Waals surface area contributed by atoms with Gasteiger partial charge in [0, 0.05) is 13.6 Å². The molecule has 0 bridgehead atoms. The second-order valence-electron chi connectivity index (χ2n) is 4.79. The van der Waals surface area contributed by atoms with Crippen molar-refractivity contribution in [1.82, 2.24) is 4.90 Å². The molecule has 0 aliphatic carbocycles. The van der Waals surface area contributed by atoms with Crippen LogP contribution in [0.2, 0.25) is 0 Å². The number of hydrogen-bond donors (Lipinski definition) is 0. The Hall–Kier alpha value is -0.880. The van der Waals surface area contributed by atoms with E-state index in [1.165, 1.54) is 0 Å². The normalized spacial score (nSPS) is 13.8. The van der Waals surface area contributed by atoms with Crippen molar-refractivity contribution >= 4 is 5.91 Å². The van der Waals surface area contributed by atoms with Crippen LogP contribution in [0.25, 0.3) is 0 Å². The van der Waals surface area contributed by atoms with Gasteiger partial charge in [-0.25, -0.2) is 0 Å². The van der Waals surface area contributed by atoms with E-state index in [4.69, 9.17) is 0 Å². The summed E-state index contributed by atoms with van der Waals surface area (Å²) in [5.41, 5.74) is -0.550. The molecule has 0 aliphatic rings. The van der Waals surface area contributed by atoms with E-state index in [1.54, 1.807) is 20.8 Å². The minimum atomic E-state index is -5.85. The van der Waals surface area contributed by atoms with Crippen molar-refractivity contribution in [3.05, 3.63) is 0 Å². The van der Waals surface area contributed by atoms with Crippen LogP contribution in [0.15, 0.2) is 0 Å². The van der Waals surface area contributed by atoms with E-state index in [-0.39, 0.29) is 6.54 Å². The van der Waals surface area contributed by atoms with E-state index in [2.05, 4.69) is 0 Å². The maximum absolute atomic E-state index is 12.6. The smallest absolute Gasteiger partial charge is 0.340 e. The molecule has 7 heteroatoms. The number of amides is 1. The van der Waals surface area contributed by atoms with Crippen LogP contribution in [0.5, 0.6) is 0 Å². The zero-order chi connectivity index (χ0) is 13.4. The van der Waals surface area contributed by atoms with Gasteiger partial charge in [0.05, 0.1) is 0 Å². The SMILES string of the molecule is CN(CC(C)(C)C)C(=O)C(F)(F)C(F)(F)F. The third-order valence-corrected chi connectivity index (χ3v) is 1.68. The molecule has 2 nitrogen and oxygen atoms in total. The van der Waals surface area contributed by atoms with Crippen LogP contribution in [0.1, 0.15) is 20.8 Å². The predicted octanol–water partition coefficient (Wildman–Crippen LogP) is 2.69. The summed E-state index contributed by atoms with van der Waals surface area (Å²) in [4.78, 5) is 11.3. The molecule has 0 saturated heterocycles. The van der Waals surface area contributed by atoms with Crippen LogP contribution in [-0.2, 0) is 4.79 Å². The molecule has 0 radical (unpaired) electrons. The van der Waals surface area contributed by atoms with E-state index in [0.717, 1.165) is 7.05 Å².